The number of nitrogens with one attached hydrogen (secondary N) is 1. The Morgan fingerprint density at radius 1 is 1.42 bits per heavy atom. The number of rotatable bonds is 4. The fraction of sp³-hybridized carbons (Fsp3) is 1.00. The highest BCUT2D eigenvalue weighted by molar-refractivity contribution is 7.90. The third-order valence-corrected chi connectivity index (χ3v) is 2.98. The molecule has 0 saturated carbocycles. The van der Waals surface area contributed by atoms with Crippen molar-refractivity contribution in [1.82, 2.24) is 10.2 Å². The van der Waals surface area contributed by atoms with E-state index in [-0.39, 0.29) is 0 Å². The molecule has 1 fully saturated rings. The second-order valence-corrected chi connectivity index (χ2v) is 4.78. The van der Waals surface area contributed by atoms with Crippen molar-refractivity contribution in [2.75, 3.05) is 44.7 Å². The van der Waals surface area contributed by atoms with Gasteiger partial charge in [0.25, 0.3) is 0 Å². The average Bonchev–Trinajstić information content (AvgIpc) is 2.05. The van der Waals surface area contributed by atoms with E-state index in [0.29, 0.717) is 0 Å². The first-order valence-electron chi connectivity index (χ1n) is 4.52. The molecule has 1 unspecified atom stereocenters. The quantitative estimate of drug-likeness (QED) is 0.616. The van der Waals surface area contributed by atoms with Gasteiger partial charge in [-0.15, -0.1) is 0 Å². The molecule has 0 bridgehead atoms. The first-order valence-corrected chi connectivity index (χ1v) is 6.25. The third-order valence-electron chi connectivity index (χ3n) is 2.12. The lowest BCUT2D eigenvalue weighted by molar-refractivity contribution is 0.242. The zero-order valence-corrected chi connectivity index (χ0v) is 8.53. The summed E-state index contributed by atoms with van der Waals surface area (Å²) < 4.78 is 10.8. The highest BCUT2D eigenvalue weighted by Crippen LogP contribution is 1.96. The van der Waals surface area contributed by atoms with Crippen LogP contribution in [0.1, 0.15) is 6.42 Å². The van der Waals surface area contributed by atoms with E-state index in [2.05, 4.69) is 10.2 Å². The maximum Gasteiger partial charge on any atom is 0.106 e. The second-order valence-electron chi connectivity index (χ2n) is 3.22. The Hall–Kier alpha value is 0.230. The molecule has 1 N–H and O–H groups in total. The van der Waals surface area contributed by atoms with E-state index in [9.17, 15) is 4.55 Å². The zero-order valence-electron chi connectivity index (χ0n) is 7.71. The number of nitrogens with zero attached hydrogens (tertiary/aromatic N) is 1. The van der Waals surface area contributed by atoms with Crippen LogP contribution >= 0.6 is 0 Å². The van der Waals surface area contributed by atoms with Crippen molar-refractivity contribution in [2.45, 2.75) is 6.42 Å². The molecule has 72 valence electrons. The molecule has 0 aromatic rings. The van der Waals surface area contributed by atoms with E-state index >= 15 is 0 Å². The van der Waals surface area contributed by atoms with E-state index in [0.717, 1.165) is 44.9 Å². The normalized spacial score (nSPS) is 22.5. The molecule has 12 heavy (non-hydrogen) atoms. The van der Waals surface area contributed by atoms with Gasteiger partial charge in [-0.1, -0.05) is 11.2 Å². The Kier molecular flexibility index (Phi) is 4.99. The molecule has 0 aromatic heterocycles. The van der Waals surface area contributed by atoms with E-state index < -0.39 is 11.2 Å². The second kappa shape index (κ2) is 5.80. The molecule has 1 rings (SSSR count). The lowest BCUT2D eigenvalue weighted by Crippen LogP contribution is -2.44. The van der Waals surface area contributed by atoms with Crippen LogP contribution in [0.2, 0.25) is 0 Å². The summed E-state index contributed by atoms with van der Waals surface area (Å²) in [5, 5.41) is 3.31. The molecule has 1 atom stereocenters. The van der Waals surface area contributed by atoms with Gasteiger partial charge in [0.05, 0.1) is 6.26 Å². The van der Waals surface area contributed by atoms with Crippen molar-refractivity contribution < 1.29 is 4.55 Å². The maximum atomic E-state index is 10.8. The Balaban J connectivity index is 1.98. The van der Waals surface area contributed by atoms with Crippen LogP contribution in [0.3, 0.4) is 0 Å². The van der Waals surface area contributed by atoms with Gasteiger partial charge >= 0.3 is 0 Å². The summed E-state index contributed by atoms with van der Waals surface area (Å²) in [6.45, 7) is 5.62. The van der Waals surface area contributed by atoms with Crippen LogP contribution in [0.4, 0.5) is 0 Å². The van der Waals surface area contributed by atoms with Crippen LogP contribution < -0.4 is 5.32 Å². The van der Waals surface area contributed by atoms with Crippen LogP contribution in [0.25, 0.3) is 0 Å². The first-order chi connectivity index (χ1) is 5.79. The van der Waals surface area contributed by atoms with Crippen LogP contribution in [-0.2, 0) is 11.2 Å². The molecule has 0 aliphatic carbocycles. The molecule has 0 spiro atoms. The number of piperazine rings is 1. The van der Waals surface area contributed by atoms with Gasteiger partial charge in [0.1, 0.15) is 5.75 Å². The minimum Gasteiger partial charge on any atom is -0.617 e. The molecular weight excluding hydrogens is 172 g/mol. The minimum atomic E-state index is -0.612. The lowest BCUT2D eigenvalue weighted by Gasteiger charge is -2.26. The fourth-order valence-corrected chi connectivity index (χ4v) is 1.96. The van der Waals surface area contributed by atoms with Gasteiger partial charge in [0.2, 0.25) is 0 Å². The molecule has 1 heterocycles. The van der Waals surface area contributed by atoms with Crippen molar-refractivity contribution in [2.24, 2.45) is 0 Å². The average molecular weight is 190 g/mol. The molecule has 1 aliphatic rings. The SMILES string of the molecule is C[S+]([O-])CCCN1CCNCC1. The Labute approximate surface area is 77.7 Å². The standard InChI is InChI=1S/C8H18N2OS/c1-12(11)8-2-5-10-6-3-9-4-7-10/h9H,2-8H2,1H3. The van der Waals surface area contributed by atoms with Crippen LogP contribution in [0, 0.1) is 0 Å². The molecule has 3 nitrogen and oxygen atoms in total. The van der Waals surface area contributed by atoms with Gasteiger partial charge in [0, 0.05) is 39.1 Å². The first kappa shape index (κ1) is 10.3. The summed E-state index contributed by atoms with van der Waals surface area (Å²) in [5.41, 5.74) is 0. The van der Waals surface area contributed by atoms with Crippen molar-refractivity contribution in [3.05, 3.63) is 0 Å². The molecule has 0 aromatic carbocycles. The van der Waals surface area contributed by atoms with Gasteiger partial charge < -0.3 is 14.8 Å². The third kappa shape index (κ3) is 4.30. The molecular formula is C8H18N2OS. The predicted octanol–water partition coefficient (Wildman–Crippen LogP) is -0.340. The number of hydrogen-bond donors (Lipinski definition) is 1. The Bertz CT molecular complexity index is 116. The summed E-state index contributed by atoms with van der Waals surface area (Å²) in [4.78, 5) is 2.43. The van der Waals surface area contributed by atoms with Gasteiger partial charge in [-0.2, -0.15) is 0 Å². The molecule has 0 amide bonds. The summed E-state index contributed by atoms with van der Waals surface area (Å²) in [6.07, 6.45) is 2.85. The highest BCUT2D eigenvalue weighted by Gasteiger charge is 2.09. The summed E-state index contributed by atoms with van der Waals surface area (Å²) in [6, 6.07) is 0. The van der Waals surface area contributed by atoms with Crippen molar-refractivity contribution >= 4 is 11.2 Å². The van der Waals surface area contributed by atoms with E-state index in [4.69, 9.17) is 0 Å². The fourth-order valence-electron chi connectivity index (χ4n) is 1.43. The van der Waals surface area contributed by atoms with E-state index in [1.807, 2.05) is 0 Å². The summed E-state index contributed by atoms with van der Waals surface area (Å²) >= 11 is -0.612. The minimum absolute atomic E-state index is 0.612. The molecule has 1 saturated heterocycles. The molecule has 0 radical (unpaired) electrons. The van der Waals surface area contributed by atoms with Crippen molar-refractivity contribution in [3.63, 3.8) is 0 Å². The Morgan fingerprint density at radius 2 is 2.08 bits per heavy atom. The summed E-state index contributed by atoms with van der Waals surface area (Å²) in [7, 11) is 0. The molecule has 1 aliphatic heterocycles. The predicted molar refractivity (Wildman–Crippen MR) is 52.9 cm³/mol. The highest BCUT2D eigenvalue weighted by atomic mass is 32.2. The van der Waals surface area contributed by atoms with Gasteiger partial charge in [-0.3, -0.25) is 0 Å². The van der Waals surface area contributed by atoms with E-state index in [1.54, 1.807) is 6.26 Å². The van der Waals surface area contributed by atoms with Gasteiger partial charge in [-0.25, -0.2) is 0 Å². The smallest absolute Gasteiger partial charge is 0.106 e. The lowest BCUT2D eigenvalue weighted by atomic mass is 10.3. The molecule has 4 heteroatoms. The van der Waals surface area contributed by atoms with Crippen LogP contribution in [0.5, 0.6) is 0 Å². The number of hydrogen-bond acceptors (Lipinski definition) is 3. The maximum absolute atomic E-state index is 10.8. The summed E-state index contributed by atoms with van der Waals surface area (Å²) in [5.74, 6) is 0.851. The van der Waals surface area contributed by atoms with Crippen molar-refractivity contribution in [3.8, 4) is 0 Å². The van der Waals surface area contributed by atoms with E-state index in [1.165, 1.54) is 0 Å². The Morgan fingerprint density at radius 3 is 2.67 bits per heavy atom. The van der Waals surface area contributed by atoms with Crippen LogP contribution in [0.15, 0.2) is 0 Å². The van der Waals surface area contributed by atoms with Gasteiger partial charge in [-0.05, 0) is 0 Å². The topological polar surface area (TPSA) is 38.3 Å². The van der Waals surface area contributed by atoms with Crippen molar-refractivity contribution in [1.29, 1.82) is 0 Å². The zero-order chi connectivity index (χ0) is 8.81. The van der Waals surface area contributed by atoms with Gasteiger partial charge in [0.15, 0.2) is 0 Å². The largest absolute Gasteiger partial charge is 0.617 e. The monoisotopic (exact) mass is 190 g/mol. The van der Waals surface area contributed by atoms with Crippen LogP contribution in [-0.4, -0.2) is 54.2 Å².